The SMILES string of the molecule is CCOc1ccc(C2c3c(oc4ccc(F)cc4c3=O)C(=O)N2Cc2ccc3c(c2)OCO3)cc1OCC. The molecule has 0 N–H and O–H groups in total. The molecule has 6 rings (SSSR count). The molecular weight excluding hydrogens is 493 g/mol. The van der Waals surface area contributed by atoms with Crippen molar-refractivity contribution in [3.8, 4) is 23.0 Å². The van der Waals surface area contributed by atoms with E-state index in [2.05, 4.69) is 0 Å². The Labute approximate surface area is 217 Å². The predicted molar refractivity (Wildman–Crippen MR) is 136 cm³/mol. The lowest BCUT2D eigenvalue weighted by Crippen LogP contribution is -2.29. The third-order valence-corrected chi connectivity index (χ3v) is 6.60. The Morgan fingerprint density at radius 2 is 1.71 bits per heavy atom. The summed E-state index contributed by atoms with van der Waals surface area (Å²) in [6.07, 6.45) is 0. The Morgan fingerprint density at radius 1 is 0.921 bits per heavy atom. The Hall–Kier alpha value is -4.53. The van der Waals surface area contributed by atoms with Crippen molar-refractivity contribution in [2.24, 2.45) is 0 Å². The lowest BCUT2D eigenvalue weighted by molar-refractivity contribution is 0.0714. The number of amides is 1. The molecule has 1 amide bonds. The van der Waals surface area contributed by atoms with Gasteiger partial charge in [0.1, 0.15) is 11.4 Å². The molecular formula is C29H24FNO7. The van der Waals surface area contributed by atoms with Crippen LogP contribution >= 0.6 is 0 Å². The number of ether oxygens (including phenoxy) is 4. The van der Waals surface area contributed by atoms with Gasteiger partial charge in [0.05, 0.1) is 30.2 Å². The van der Waals surface area contributed by atoms with Crippen LogP contribution in [0.3, 0.4) is 0 Å². The maximum Gasteiger partial charge on any atom is 0.291 e. The van der Waals surface area contributed by atoms with Crippen molar-refractivity contribution in [3.05, 3.63) is 93.1 Å². The van der Waals surface area contributed by atoms with Crippen LogP contribution in [0.25, 0.3) is 11.0 Å². The zero-order chi connectivity index (χ0) is 26.4. The molecule has 0 aliphatic carbocycles. The Balaban J connectivity index is 1.52. The van der Waals surface area contributed by atoms with E-state index in [0.717, 1.165) is 11.6 Å². The van der Waals surface area contributed by atoms with Gasteiger partial charge in [-0.2, -0.15) is 0 Å². The Kier molecular flexibility index (Phi) is 5.90. The topological polar surface area (TPSA) is 87.4 Å². The molecule has 8 nitrogen and oxygen atoms in total. The second kappa shape index (κ2) is 9.41. The molecule has 9 heteroatoms. The summed E-state index contributed by atoms with van der Waals surface area (Å²) in [5.74, 6) is 1.18. The van der Waals surface area contributed by atoms with Crippen molar-refractivity contribution in [1.82, 2.24) is 4.90 Å². The summed E-state index contributed by atoms with van der Waals surface area (Å²) in [5.41, 5.74) is 1.25. The molecule has 38 heavy (non-hydrogen) atoms. The monoisotopic (exact) mass is 517 g/mol. The number of halogens is 1. The first-order chi connectivity index (χ1) is 18.5. The van der Waals surface area contributed by atoms with Crippen LogP contribution in [0.4, 0.5) is 4.39 Å². The van der Waals surface area contributed by atoms with Crippen molar-refractivity contribution >= 4 is 16.9 Å². The molecule has 0 bridgehead atoms. The van der Waals surface area contributed by atoms with Gasteiger partial charge in [-0.05, 0) is 67.4 Å². The van der Waals surface area contributed by atoms with E-state index in [1.165, 1.54) is 12.1 Å². The summed E-state index contributed by atoms with van der Waals surface area (Å²) >= 11 is 0. The van der Waals surface area contributed by atoms with E-state index in [4.69, 9.17) is 23.4 Å². The molecule has 2 aliphatic heterocycles. The highest BCUT2D eigenvalue weighted by Crippen LogP contribution is 2.42. The van der Waals surface area contributed by atoms with Gasteiger partial charge in [-0.15, -0.1) is 0 Å². The van der Waals surface area contributed by atoms with Crippen molar-refractivity contribution in [1.29, 1.82) is 0 Å². The highest BCUT2D eigenvalue weighted by atomic mass is 19.1. The van der Waals surface area contributed by atoms with Gasteiger partial charge in [-0.3, -0.25) is 9.59 Å². The van der Waals surface area contributed by atoms with Crippen molar-refractivity contribution in [3.63, 3.8) is 0 Å². The van der Waals surface area contributed by atoms with Crippen LogP contribution in [0.5, 0.6) is 23.0 Å². The average Bonchev–Trinajstić information content (AvgIpc) is 3.49. The number of fused-ring (bicyclic) bond motifs is 3. The fraction of sp³-hybridized carbons (Fsp3) is 0.241. The van der Waals surface area contributed by atoms with Gasteiger partial charge in [-0.1, -0.05) is 12.1 Å². The summed E-state index contributed by atoms with van der Waals surface area (Å²) in [4.78, 5) is 29.1. The van der Waals surface area contributed by atoms with Gasteiger partial charge in [0.25, 0.3) is 5.91 Å². The minimum Gasteiger partial charge on any atom is -0.490 e. The van der Waals surface area contributed by atoms with Crippen LogP contribution in [-0.4, -0.2) is 30.8 Å². The first-order valence-corrected chi connectivity index (χ1v) is 12.3. The molecule has 2 aliphatic rings. The third kappa shape index (κ3) is 3.91. The Bertz CT molecular complexity index is 1630. The normalized spacial score (nSPS) is 15.7. The minimum absolute atomic E-state index is 0.0632. The largest absolute Gasteiger partial charge is 0.490 e. The van der Waals surface area contributed by atoms with Gasteiger partial charge in [0.15, 0.2) is 28.4 Å². The van der Waals surface area contributed by atoms with Crippen LogP contribution in [0.1, 0.15) is 47.1 Å². The summed E-state index contributed by atoms with van der Waals surface area (Å²) in [5, 5.41) is 0.0717. The lowest BCUT2D eigenvalue weighted by atomic mass is 9.97. The second-order valence-corrected chi connectivity index (χ2v) is 8.91. The molecule has 0 saturated carbocycles. The molecule has 0 saturated heterocycles. The van der Waals surface area contributed by atoms with Crippen LogP contribution in [0, 0.1) is 5.82 Å². The van der Waals surface area contributed by atoms with Crippen LogP contribution in [0.15, 0.2) is 63.8 Å². The van der Waals surface area contributed by atoms with E-state index in [9.17, 15) is 14.0 Å². The van der Waals surface area contributed by atoms with E-state index in [0.29, 0.717) is 41.8 Å². The molecule has 1 aromatic heterocycles. The van der Waals surface area contributed by atoms with Crippen molar-refractivity contribution in [2.45, 2.75) is 26.4 Å². The van der Waals surface area contributed by atoms with E-state index in [1.54, 1.807) is 35.2 Å². The summed E-state index contributed by atoms with van der Waals surface area (Å²) in [6, 6.07) is 13.6. The van der Waals surface area contributed by atoms with E-state index >= 15 is 0 Å². The molecule has 3 aromatic carbocycles. The fourth-order valence-corrected chi connectivity index (χ4v) is 4.98. The first kappa shape index (κ1) is 23.8. The molecule has 0 spiro atoms. The molecule has 0 radical (unpaired) electrons. The summed E-state index contributed by atoms with van der Waals surface area (Å²) in [6.45, 7) is 4.86. The van der Waals surface area contributed by atoms with Gasteiger partial charge in [-0.25, -0.2) is 4.39 Å². The van der Waals surface area contributed by atoms with Crippen LogP contribution in [0.2, 0.25) is 0 Å². The molecule has 0 fully saturated rings. The third-order valence-electron chi connectivity index (χ3n) is 6.60. The van der Waals surface area contributed by atoms with Crippen LogP contribution < -0.4 is 24.4 Å². The average molecular weight is 518 g/mol. The molecule has 1 unspecified atom stereocenters. The first-order valence-electron chi connectivity index (χ1n) is 12.3. The van der Waals surface area contributed by atoms with Gasteiger partial charge in [0.2, 0.25) is 12.6 Å². The predicted octanol–water partition coefficient (Wildman–Crippen LogP) is 5.20. The van der Waals surface area contributed by atoms with E-state index < -0.39 is 23.2 Å². The zero-order valence-electron chi connectivity index (χ0n) is 20.8. The van der Waals surface area contributed by atoms with Crippen molar-refractivity contribution < 1.29 is 32.5 Å². The number of carbonyl (C=O) groups excluding carboxylic acids is 1. The molecule has 194 valence electrons. The number of hydrogen-bond acceptors (Lipinski definition) is 7. The van der Waals surface area contributed by atoms with E-state index in [1.807, 2.05) is 19.9 Å². The Morgan fingerprint density at radius 3 is 2.53 bits per heavy atom. The number of carbonyl (C=O) groups is 1. The number of hydrogen-bond donors (Lipinski definition) is 0. The maximum absolute atomic E-state index is 14.1. The van der Waals surface area contributed by atoms with Gasteiger partial charge < -0.3 is 28.3 Å². The lowest BCUT2D eigenvalue weighted by Gasteiger charge is -2.26. The quantitative estimate of drug-likeness (QED) is 0.333. The standard InChI is InChI=1S/C29H24FNO7/c1-3-34-21-9-6-17(12-24(21)35-4-2)26-25-27(32)19-13-18(30)7-10-20(19)38-28(25)29(33)31(26)14-16-5-8-22-23(11-16)37-15-36-22/h5-13,26H,3-4,14-15H2,1-2H3. The molecule has 4 aromatic rings. The smallest absolute Gasteiger partial charge is 0.291 e. The summed E-state index contributed by atoms with van der Waals surface area (Å²) < 4.78 is 42.4. The molecule has 3 heterocycles. The fourth-order valence-electron chi connectivity index (χ4n) is 4.98. The summed E-state index contributed by atoms with van der Waals surface area (Å²) in [7, 11) is 0. The maximum atomic E-state index is 14.1. The van der Waals surface area contributed by atoms with Crippen molar-refractivity contribution in [2.75, 3.05) is 20.0 Å². The number of benzene rings is 3. The molecule has 1 atom stereocenters. The minimum atomic E-state index is -0.804. The number of nitrogens with zero attached hydrogens (tertiary/aromatic N) is 1. The van der Waals surface area contributed by atoms with E-state index in [-0.39, 0.29) is 35.6 Å². The second-order valence-electron chi connectivity index (χ2n) is 8.91. The van der Waals surface area contributed by atoms with Gasteiger partial charge >= 0.3 is 0 Å². The highest BCUT2D eigenvalue weighted by Gasteiger charge is 2.43. The highest BCUT2D eigenvalue weighted by molar-refractivity contribution is 5.99. The zero-order valence-corrected chi connectivity index (χ0v) is 20.8. The van der Waals surface area contributed by atoms with Gasteiger partial charge in [0, 0.05) is 6.54 Å². The van der Waals surface area contributed by atoms with Crippen LogP contribution in [-0.2, 0) is 6.54 Å². The number of rotatable bonds is 7.